The number of nitrogens with one attached hydrogen (secondary N) is 1. The topological polar surface area (TPSA) is 147 Å². The van der Waals surface area contributed by atoms with Gasteiger partial charge >= 0.3 is 11.9 Å². The van der Waals surface area contributed by atoms with Crippen LogP contribution in [-0.4, -0.2) is 75.3 Å². The molecule has 3 heterocycles. The van der Waals surface area contributed by atoms with Crippen molar-refractivity contribution in [2.45, 2.75) is 18.3 Å². The van der Waals surface area contributed by atoms with Crippen LogP contribution >= 0.6 is 23.1 Å². The first-order valence-electron chi connectivity index (χ1n) is 8.82. The highest BCUT2D eigenvalue weighted by atomic mass is 32.2. The van der Waals surface area contributed by atoms with Gasteiger partial charge < -0.3 is 20.0 Å². The maximum Gasteiger partial charge on any atom is 0.355 e. The van der Waals surface area contributed by atoms with E-state index >= 15 is 0 Å². The number of aliphatic carboxylic acids is 1. The number of methoxy groups -OCH3 is 1. The Balaban J connectivity index is 1.80. The van der Waals surface area contributed by atoms with Crippen LogP contribution in [0.4, 0.5) is 0 Å². The van der Waals surface area contributed by atoms with Crippen LogP contribution in [0, 0.1) is 6.92 Å². The molecule has 2 aliphatic rings. The van der Waals surface area contributed by atoms with E-state index in [-0.39, 0.29) is 17.1 Å². The smallest absolute Gasteiger partial charge is 0.355 e. The molecule has 31 heavy (non-hydrogen) atoms. The summed E-state index contributed by atoms with van der Waals surface area (Å²) in [6.45, 7) is 4.65. The number of hydrogen-bond acceptors (Lipinski definition) is 10. The number of aromatic nitrogens is 1. The number of hydrogen-bond donors (Lipinski definition) is 2. The molecule has 1 saturated heterocycles. The third kappa shape index (κ3) is 4.46. The van der Waals surface area contributed by atoms with Crippen LogP contribution in [0.5, 0.6) is 0 Å². The number of carboxylic acids is 1. The Morgan fingerprint density at radius 3 is 2.81 bits per heavy atom. The van der Waals surface area contributed by atoms with E-state index in [9.17, 15) is 19.2 Å². The van der Waals surface area contributed by atoms with Gasteiger partial charge in [0.15, 0.2) is 5.71 Å². The summed E-state index contributed by atoms with van der Waals surface area (Å²) in [6.07, 6.45) is 1.49. The molecule has 2 N–H and O–H groups in total. The van der Waals surface area contributed by atoms with Crippen molar-refractivity contribution >= 4 is 52.6 Å². The van der Waals surface area contributed by atoms with Gasteiger partial charge in [0.25, 0.3) is 11.8 Å². The number of thiazole rings is 1. The number of amides is 2. The Morgan fingerprint density at radius 1 is 1.48 bits per heavy atom. The first-order chi connectivity index (χ1) is 14.8. The summed E-state index contributed by atoms with van der Waals surface area (Å²) in [7, 11) is 1.21. The zero-order valence-corrected chi connectivity index (χ0v) is 18.1. The summed E-state index contributed by atoms with van der Waals surface area (Å²) >= 11 is 2.62. The van der Waals surface area contributed by atoms with E-state index in [0.29, 0.717) is 16.3 Å². The van der Waals surface area contributed by atoms with Crippen LogP contribution in [0.25, 0.3) is 0 Å². The quantitative estimate of drug-likeness (QED) is 0.238. The normalized spacial score (nSPS) is 20.5. The molecular weight excluding hydrogens is 448 g/mol. The van der Waals surface area contributed by atoms with E-state index in [1.807, 2.05) is 0 Å². The second-order valence-electron chi connectivity index (χ2n) is 6.29. The summed E-state index contributed by atoms with van der Waals surface area (Å²) < 4.78 is 4.78. The number of carbonyl (C=O) groups is 4. The van der Waals surface area contributed by atoms with Crippen molar-refractivity contribution in [2.24, 2.45) is 5.16 Å². The number of oxime groups is 1. The highest BCUT2D eigenvalue weighted by Gasteiger charge is 2.54. The molecule has 164 valence electrons. The van der Waals surface area contributed by atoms with E-state index < -0.39 is 41.8 Å². The molecule has 0 aliphatic carbocycles. The molecule has 2 unspecified atom stereocenters. The molecule has 0 bridgehead atoms. The number of β-lactam (4-membered cyclic amide) rings is 1. The minimum atomic E-state index is -1.26. The molecule has 3 rings (SSSR count). The number of carboxylic acid groups (broad SMARTS) is 1. The highest BCUT2D eigenvalue weighted by Crippen LogP contribution is 2.40. The van der Waals surface area contributed by atoms with Gasteiger partial charge in [-0.15, -0.1) is 23.1 Å². The van der Waals surface area contributed by atoms with E-state index in [4.69, 9.17) is 14.7 Å². The predicted molar refractivity (Wildman–Crippen MR) is 111 cm³/mol. The van der Waals surface area contributed by atoms with E-state index in [1.165, 1.54) is 41.2 Å². The standard InChI is InChI=1S/C18H18N4O7S2/c1-4-9-6-31-17-13(16(26)22(17)14(9)18(27)28-3)20-15(25)12(21-29-5-11(23)24)10-7-30-8(2)19-10/h4,7,13,17H,1,5-6H2,2-3H3,(H,20,25)(H,23,24)/b21-12-. The average Bonchev–Trinajstić information content (AvgIpc) is 3.18. The molecule has 1 fully saturated rings. The van der Waals surface area contributed by atoms with Gasteiger partial charge in [-0.1, -0.05) is 17.8 Å². The predicted octanol–water partition coefficient (Wildman–Crippen LogP) is 0.270. The van der Waals surface area contributed by atoms with Crippen molar-refractivity contribution in [1.29, 1.82) is 0 Å². The van der Waals surface area contributed by atoms with Crippen LogP contribution < -0.4 is 5.32 Å². The van der Waals surface area contributed by atoms with Crippen LogP contribution in [0.15, 0.2) is 34.5 Å². The van der Waals surface area contributed by atoms with E-state index in [2.05, 4.69) is 22.0 Å². The Bertz CT molecular complexity index is 1020. The molecule has 0 saturated carbocycles. The molecule has 13 heteroatoms. The minimum absolute atomic E-state index is 0.102. The number of nitrogens with zero attached hydrogens (tertiary/aromatic N) is 3. The van der Waals surface area contributed by atoms with Crippen LogP contribution in [-0.2, 0) is 28.8 Å². The van der Waals surface area contributed by atoms with Crippen LogP contribution in [0.2, 0.25) is 0 Å². The van der Waals surface area contributed by atoms with Gasteiger partial charge in [0.05, 0.1) is 12.1 Å². The first-order valence-corrected chi connectivity index (χ1v) is 10.7. The summed E-state index contributed by atoms with van der Waals surface area (Å²) in [5.74, 6) is -2.78. The average molecular weight is 466 g/mol. The molecule has 1 aromatic rings. The third-order valence-electron chi connectivity index (χ3n) is 4.33. The Labute approximate surface area is 184 Å². The Kier molecular flexibility index (Phi) is 6.75. The highest BCUT2D eigenvalue weighted by molar-refractivity contribution is 8.00. The van der Waals surface area contributed by atoms with Crippen molar-refractivity contribution in [3.05, 3.63) is 40.0 Å². The lowest BCUT2D eigenvalue weighted by atomic mass is 10.0. The van der Waals surface area contributed by atoms with Crippen molar-refractivity contribution in [1.82, 2.24) is 15.2 Å². The minimum Gasteiger partial charge on any atom is -0.479 e. The molecule has 11 nitrogen and oxygen atoms in total. The maximum absolute atomic E-state index is 12.8. The number of esters is 1. The van der Waals surface area contributed by atoms with E-state index in [0.717, 1.165) is 0 Å². The second-order valence-corrected chi connectivity index (χ2v) is 8.46. The lowest BCUT2D eigenvalue weighted by molar-refractivity contribution is -0.151. The maximum atomic E-state index is 12.8. The zero-order chi connectivity index (χ0) is 22.7. The fraction of sp³-hybridized carbons (Fsp3) is 0.333. The first kappa shape index (κ1) is 22.5. The van der Waals surface area contributed by atoms with Crippen LogP contribution in [0.3, 0.4) is 0 Å². The van der Waals surface area contributed by atoms with Gasteiger partial charge in [-0.25, -0.2) is 14.6 Å². The van der Waals surface area contributed by atoms with Gasteiger partial charge in [-0.05, 0) is 12.5 Å². The van der Waals surface area contributed by atoms with Crippen molar-refractivity contribution in [3.8, 4) is 0 Å². The van der Waals surface area contributed by atoms with Crippen LogP contribution in [0.1, 0.15) is 10.7 Å². The summed E-state index contributed by atoms with van der Waals surface area (Å²) in [4.78, 5) is 58.6. The fourth-order valence-corrected chi connectivity index (χ4v) is 4.86. The van der Waals surface area contributed by atoms with Crippen molar-refractivity contribution < 1.29 is 33.9 Å². The number of fused-ring (bicyclic) bond motifs is 1. The molecule has 0 spiro atoms. The number of carbonyl (C=O) groups excluding carboxylic acids is 3. The second kappa shape index (κ2) is 9.31. The fourth-order valence-electron chi connectivity index (χ4n) is 2.92. The Morgan fingerprint density at radius 2 is 2.23 bits per heavy atom. The molecule has 2 aliphatic heterocycles. The molecule has 2 amide bonds. The van der Waals surface area contributed by atoms with Gasteiger partial charge in [-0.3, -0.25) is 14.5 Å². The number of rotatable bonds is 8. The van der Waals surface area contributed by atoms with Gasteiger partial charge in [0.2, 0.25) is 6.61 Å². The van der Waals surface area contributed by atoms with E-state index in [1.54, 1.807) is 12.3 Å². The number of thioether (sulfide) groups is 1. The van der Waals surface area contributed by atoms with Gasteiger partial charge in [-0.2, -0.15) is 0 Å². The third-order valence-corrected chi connectivity index (χ3v) is 6.41. The number of aryl methyl sites for hydroxylation is 1. The Hall–Kier alpha value is -3.19. The molecule has 0 radical (unpaired) electrons. The molecule has 2 atom stereocenters. The molecular formula is C18H18N4O7S2. The zero-order valence-electron chi connectivity index (χ0n) is 16.5. The largest absolute Gasteiger partial charge is 0.479 e. The molecule has 1 aromatic heterocycles. The summed E-state index contributed by atoms with van der Waals surface area (Å²) in [5.41, 5.74) is 0.599. The summed E-state index contributed by atoms with van der Waals surface area (Å²) in [5, 5.41) is 16.6. The molecule has 0 aromatic carbocycles. The van der Waals surface area contributed by atoms with Gasteiger partial charge in [0.1, 0.15) is 22.8 Å². The SMILES string of the molecule is C=CC1=C(C(=O)OC)N2C(=O)C(NC(=O)/C(=N\OCC(=O)O)c3csc(C)n3)C2SC1. The number of ether oxygens (including phenoxy) is 1. The summed E-state index contributed by atoms with van der Waals surface area (Å²) in [6, 6.07) is -0.923. The lowest BCUT2D eigenvalue weighted by Gasteiger charge is -2.49. The van der Waals surface area contributed by atoms with Gasteiger partial charge in [0, 0.05) is 11.1 Å². The number of allylic oxidation sites excluding steroid dienone is 1. The van der Waals surface area contributed by atoms with Crippen molar-refractivity contribution in [2.75, 3.05) is 19.5 Å². The lowest BCUT2D eigenvalue weighted by Crippen LogP contribution is -2.71. The van der Waals surface area contributed by atoms with Crippen molar-refractivity contribution in [3.63, 3.8) is 0 Å². The monoisotopic (exact) mass is 466 g/mol.